The maximum atomic E-state index is 13.7. The third-order valence-electron chi connectivity index (χ3n) is 2.42. The molecule has 3 N–H and O–H groups in total. The van der Waals surface area contributed by atoms with Crippen LogP contribution in [0.2, 0.25) is 0 Å². The van der Waals surface area contributed by atoms with Crippen LogP contribution in [-0.4, -0.2) is 34.0 Å². The molecule has 2 atom stereocenters. The molecule has 2 unspecified atom stereocenters. The SMILES string of the molecule is CCOC(=O)C(O)C(O)c1cccc(CO)c1F. The molecule has 0 saturated carbocycles. The molecule has 0 bridgehead atoms. The number of ether oxygens (including phenoxy) is 1. The van der Waals surface area contributed by atoms with Gasteiger partial charge in [-0.15, -0.1) is 0 Å². The highest BCUT2D eigenvalue weighted by Crippen LogP contribution is 2.23. The number of hydrogen-bond acceptors (Lipinski definition) is 5. The van der Waals surface area contributed by atoms with Gasteiger partial charge < -0.3 is 20.1 Å². The number of hydrogen-bond donors (Lipinski definition) is 3. The average molecular weight is 258 g/mol. The van der Waals surface area contributed by atoms with Crippen molar-refractivity contribution in [2.75, 3.05) is 6.61 Å². The Kier molecular flexibility index (Phi) is 5.21. The van der Waals surface area contributed by atoms with Gasteiger partial charge in [-0.1, -0.05) is 18.2 Å². The van der Waals surface area contributed by atoms with E-state index in [0.29, 0.717) is 0 Å². The van der Waals surface area contributed by atoms with Gasteiger partial charge >= 0.3 is 5.97 Å². The van der Waals surface area contributed by atoms with Gasteiger partial charge in [0.25, 0.3) is 0 Å². The number of benzene rings is 1. The molecular weight excluding hydrogens is 243 g/mol. The molecule has 0 heterocycles. The van der Waals surface area contributed by atoms with Crippen molar-refractivity contribution in [3.8, 4) is 0 Å². The zero-order valence-electron chi connectivity index (χ0n) is 9.84. The van der Waals surface area contributed by atoms with Crippen LogP contribution in [0.3, 0.4) is 0 Å². The Morgan fingerprint density at radius 1 is 1.44 bits per heavy atom. The van der Waals surface area contributed by atoms with Crippen LogP contribution in [0.1, 0.15) is 24.2 Å². The molecule has 18 heavy (non-hydrogen) atoms. The summed E-state index contributed by atoms with van der Waals surface area (Å²) >= 11 is 0. The second-order valence-corrected chi connectivity index (χ2v) is 3.62. The molecule has 1 aromatic carbocycles. The maximum Gasteiger partial charge on any atom is 0.338 e. The third-order valence-corrected chi connectivity index (χ3v) is 2.42. The van der Waals surface area contributed by atoms with Gasteiger partial charge in [0.1, 0.15) is 11.9 Å². The summed E-state index contributed by atoms with van der Waals surface area (Å²) in [6.07, 6.45) is -3.61. The minimum Gasteiger partial charge on any atom is -0.464 e. The topological polar surface area (TPSA) is 87.0 Å². The van der Waals surface area contributed by atoms with Gasteiger partial charge in [-0.2, -0.15) is 0 Å². The molecule has 0 aliphatic heterocycles. The number of esters is 1. The highest BCUT2D eigenvalue weighted by Gasteiger charge is 2.29. The average Bonchev–Trinajstić information content (AvgIpc) is 2.37. The second kappa shape index (κ2) is 6.44. The molecule has 0 spiro atoms. The summed E-state index contributed by atoms with van der Waals surface area (Å²) in [5.74, 6) is -1.88. The van der Waals surface area contributed by atoms with Gasteiger partial charge in [0, 0.05) is 11.1 Å². The molecule has 0 aliphatic carbocycles. The van der Waals surface area contributed by atoms with E-state index in [1.165, 1.54) is 18.2 Å². The standard InChI is InChI=1S/C12H15FO5/c1-2-18-12(17)11(16)10(15)8-5-3-4-7(6-14)9(8)13/h3-5,10-11,14-16H,2,6H2,1H3. The summed E-state index contributed by atoms with van der Waals surface area (Å²) in [5.41, 5.74) is -0.287. The van der Waals surface area contributed by atoms with Crippen molar-refractivity contribution in [2.45, 2.75) is 25.7 Å². The Labute approximate surface area is 103 Å². The van der Waals surface area contributed by atoms with Gasteiger partial charge in [-0.25, -0.2) is 9.18 Å². The van der Waals surface area contributed by atoms with Crippen molar-refractivity contribution >= 4 is 5.97 Å². The Morgan fingerprint density at radius 3 is 2.67 bits per heavy atom. The number of rotatable bonds is 5. The molecule has 6 heteroatoms. The van der Waals surface area contributed by atoms with Crippen molar-refractivity contribution in [3.05, 3.63) is 35.1 Å². The predicted molar refractivity (Wildman–Crippen MR) is 59.9 cm³/mol. The highest BCUT2D eigenvalue weighted by atomic mass is 19.1. The quantitative estimate of drug-likeness (QED) is 0.660. The van der Waals surface area contributed by atoms with Crippen molar-refractivity contribution in [1.29, 1.82) is 0 Å². The van der Waals surface area contributed by atoms with E-state index in [0.717, 1.165) is 0 Å². The van der Waals surface area contributed by atoms with E-state index >= 15 is 0 Å². The second-order valence-electron chi connectivity index (χ2n) is 3.62. The Bertz CT molecular complexity index is 421. The minimum atomic E-state index is -1.87. The van der Waals surface area contributed by atoms with Crippen LogP contribution in [-0.2, 0) is 16.1 Å². The fraction of sp³-hybridized carbons (Fsp3) is 0.417. The fourth-order valence-electron chi connectivity index (χ4n) is 1.48. The zero-order chi connectivity index (χ0) is 13.7. The Hall–Kier alpha value is -1.50. The van der Waals surface area contributed by atoms with Crippen molar-refractivity contribution < 1.29 is 29.2 Å². The van der Waals surface area contributed by atoms with Gasteiger partial charge in [0.05, 0.1) is 13.2 Å². The van der Waals surface area contributed by atoms with E-state index in [4.69, 9.17) is 5.11 Å². The van der Waals surface area contributed by atoms with Gasteiger partial charge in [-0.3, -0.25) is 0 Å². The Balaban J connectivity index is 2.96. The predicted octanol–water partition coefficient (Wildman–Crippen LogP) is 0.275. The maximum absolute atomic E-state index is 13.7. The van der Waals surface area contributed by atoms with Crippen LogP contribution in [0.4, 0.5) is 4.39 Å². The van der Waals surface area contributed by atoms with Crippen LogP contribution in [0.5, 0.6) is 0 Å². The summed E-state index contributed by atoms with van der Waals surface area (Å²) in [6, 6.07) is 3.97. The van der Waals surface area contributed by atoms with Crippen LogP contribution < -0.4 is 0 Å². The molecule has 0 aliphatic rings. The lowest BCUT2D eigenvalue weighted by molar-refractivity contribution is -0.159. The number of halogens is 1. The van der Waals surface area contributed by atoms with Crippen molar-refractivity contribution in [3.63, 3.8) is 0 Å². The molecule has 100 valence electrons. The third kappa shape index (κ3) is 3.04. The number of aliphatic hydroxyl groups excluding tert-OH is 3. The molecule has 5 nitrogen and oxygen atoms in total. The lowest BCUT2D eigenvalue weighted by Gasteiger charge is -2.18. The number of carbonyl (C=O) groups excluding carboxylic acids is 1. The molecule has 0 amide bonds. The minimum absolute atomic E-state index is 0.0254. The van der Waals surface area contributed by atoms with Crippen molar-refractivity contribution in [2.24, 2.45) is 0 Å². The highest BCUT2D eigenvalue weighted by molar-refractivity contribution is 5.75. The molecule has 0 saturated heterocycles. The summed E-state index contributed by atoms with van der Waals surface area (Å²) in [6.45, 7) is 1.05. The molecular formula is C12H15FO5. The summed E-state index contributed by atoms with van der Waals surface area (Å²) in [4.78, 5) is 11.2. The summed E-state index contributed by atoms with van der Waals surface area (Å²) in [7, 11) is 0. The first-order valence-electron chi connectivity index (χ1n) is 5.43. The van der Waals surface area contributed by atoms with E-state index in [2.05, 4.69) is 4.74 Å². The molecule has 0 aromatic heterocycles. The van der Waals surface area contributed by atoms with E-state index in [9.17, 15) is 19.4 Å². The first-order chi connectivity index (χ1) is 8.52. The zero-order valence-corrected chi connectivity index (χ0v) is 9.84. The molecule has 1 aromatic rings. The monoisotopic (exact) mass is 258 g/mol. The van der Waals surface area contributed by atoms with Gasteiger partial charge in [-0.05, 0) is 6.92 Å². The first-order valence-corrected chi connectivity index (χ1v) is 5.43. The Morgan fingerprint density at radius 2 is 2.11 bits per heavy atom. The van der Waals surface area contributed by atoms with E-state index < -0.39 is 30.6 Å². The van der Waals surface area contributed by atoms with Crippen molar-refractivity contribution in [1.82, 2.24) is 0 Å². The van der Waals surface area contributed by atoms with E-state index in [-0.39, 0.29) is 17.7 Å². The van der Waals surface area contributed by atoms with Crippen LogP contribution >= 0.6 is 0 Å². The summed E-state index contributed by atoms with van der Waals surface area (Å²) in [5, 5.41) is 28.1. The molecule has 1 rings (SSSR count). The number of carbonyl (C=O) groups is 1. The van der Waals surface area contributed by atoms with E-state index in [1.807, 2.05) is 0 Å². The van der Waals surface area contributed by atoms with E-state index in [1.54, 1.807) is 6.92 Å². The normalized spacial score (nSPS) is 14.1. The molecule has 0 radical (unpaired) electrons. The van der Waals surface area contributed by atoms with Crippen LogP contribution in [0.25, 0.3) is 0 Å². The lowest BCUT2D eigenvalue weighted by atomic mass is 10.0. The number of aliphatic hydroxyl groups is 3. The largest absolute Gasteiger partial charge is 0.464 e. The lowest BCUT2D eigenvalue weighted by Crippen LogP contribution is -2.30. The first kappa shape index (κ1) is 14.6. The van der Waals surface area contributed by atoms with Gasteiger partial charge in [0.2, 0.25) is 0 Å². The fourth-order valence-corrected chi connectivity index (χ4v) is 1.48. The summed E-state index contributed by atoms with van der Waals surface area (Å²) < 4.78 is 18.3. The smallest absolute Gasteiger partial charge is 0.338 e. The van der Waals surface area contributed by atoms with Crippen LogP contribution in [0, 0.1) is 5.82 Å². The van der Waals surface area contributed by atoms with Crippen LogP contribution in [0.15, 0.2) is 18.2 Å². The molecule has 0 fully saturated rings. The van der Waals surface area contributed by atoms with Gasteiger partial charge in [0.15, 0.2) is 6.10 Å².